The molecule has 0 spiro atoms. The highest BCUT2D eigenvalue weighted by atomic mass is 16.3. The molecule has 1 aliphatic rings. The number of phenols is 1. The lowest BCUT2D eigenvalue weighted by molar-refractivity contribution is 0.148. The Morgan fingerprint density at radius 1 is 0.710 bits per heavy atom. The van der Waals surface area contributed by atoms with Gasteiger partial charge in [0.1, 0.15) is 5.75 Å². The average molecular weight is 431 g/mol. The SMILES string of the molecule is CN1CCN(Cc2cc(C(C)(C)CC(C)(C)C)c(O)c(C(C)(C)CC(C)(C)C)c2)CC1. The number of rotatable bonds is 6. The van der Waals surface area contributed by atoms with E-state index in [0.29, 0.717) is 5.75 Å². The van der Waals surface area contributed by atoms with E-state index in [4.69, 9.17) is 0 Å². The van der Waals surface area contributed by atoms with Gasteiger partial charge in [0.15, 0.2) is 0 Å². The van der Waals surface area contributed by atoms with Crippen LogP contribution in [0.3, 0.4) is 0 Å². The van der Waals surface area contributed by atoms with E-state index in [2.05, 4.69) is 98.2 Å². The van der Waals surface area contributed by atoms with Crippen molar-refractivity contribution >= 4 is 0 Å². The number of hydrogen-bond donors (Lipinski definition) is 1. The van der Waals surface area contributed by atoms with Crippen molar-refractivity contribution in [1.29, 1.82) is 0 Å². The molecule has 1 saturated heterocycles. The molecular weight excluding hydrogens is 380 g/mol. The molecular formula is C28H50N2O. The summed E-state index contributed by atoms with van der Waals surface area (Å²) in [5.74, 6) is 0.519. The predicted molar refractivity (Wildman–Crippen MR) is 135 cm³/mol. The fourth-order valence-electron chi connectivity index (χ4n) is 5.92. The van der Waals surface area contributed by atoms with E-state index >= 15 is 0 Å². The Hall–Kier alpha value is -1.06. The number of nitrogens with zero attached hydrogens (tertiary/aromatic N) is 2. The van der Waals surface area contributed by atoms with Gasteiger partial charge in [0.2, 0.25) is 0 Å². The van der Waals surface area contributed by atoms with Crippen molar-refractivity contribution in [3.05, 3.63) is 28.8 Å². The van der Waals surface area contributed by atoms with Gasteiger partial charge in [-0.05, 0) is 47.1 Å². The van der Waals surface area contributed by atoms with Gasteiger partial charge in [-0.15, -0.1) is 0 Å². The molecule has 0 aromatic heterocycles. The van der Waals surface area contributed by atoms with E-state index in [-0.39, 0.29) is 21.7 Å². The second-order valence-electron chi connectivity index (χ2n) is 13.9. The van der Waals surface area contributed by atoms with E-state index in [1.54, 1.807) is 0 Å². The highest BCUT2D eigenvalue weighted by molar-refractivity contribution is 5.50. The molecule has 1 aliphatic heterocycles. The summed E-state index contributed by atoms with van der Waals surface area (Å²) >= 11 is 0. The summed E-state index contributed by atoms with van der Waals surface area (Å²) < 4.78 is 0. The molecule has 1 heterocycles. The topological polar surface area (TPSA) is 26.7 Å². The summed E-state index contributed by atoms with van der Waals surface area (Å²) in [5.41, 5.74) is 3.79. The monoisotopic (exact) mass is 430 g/mol. The number of aromatic hydroxyl groups is 1. The van der Waals surface area contributed by atoms with Gasteiger partial charge >= 0.3 is 0 Å². The Balaban J connectivity index is 2.53. The molecule has 1 N–H and O–H groups in total. The molecule has 178 valence electrons. The zero-order valence-corrected chi connectivity index (χ0v) is 22.4. The van der Waals surface area contributed by atoms with Crippen molar-refractivity contribution in [1.82, 2.24) is 9.80 Å². The zero-order chi connectivity index (χ0) is 23.8. The summed E-state index contributed by atoms with van der Waals surface area (Å²) in [6, 6.07) is 4.60. The molecule has 0 atom stereocenters. The molecule has 0 saturated carbocycles. The first-order valence-electron chi connectivity index (χ1n) is 12.2. The van der Waals surface area contributed by atoms with Crippen molar-refractivity contribution in [2.45, 2.75) is 99.5 Å². The molecule has 0 radical (unpaired) electrons. The van der Waals surface area contributed by atoms with Crippen LogP contribution in [-0.4, -0.2) is 48.1 Å². The normalized spacial score (nSPS) is 17.9. The molecule has 1 aromatic rings. The van der Waals surface area contributed by atoms with Crippen LogP contribution in [0.15, 0.2) is 12.1 Å². The predicted octanol–water partition coefficient (Wildman–Crippen LogP) is 6.57. The van der Waals surface area contributed by atoms with Gasteiger partial charge < -0.3 is 10.0 Å². The Morgan fingerprint density at radius 2 is 1.10 bits per heavy atom. The highest BCUT2D eigenvalue weighted by Crippen LogP contribution is 2.47. The first kappa shape index (κ1) is 26.2. The molecule has 0 bridgehead atoms. The summed E-state index contributed by atoms with van der Waals surface area (Å²) in [6.45, 7) is 28.4. The standard InChI is InChI=1S/C28H50N2O/c1-25(2,3)19-27(7,8)22-16-21(18-30-14-12-29(11)13-15-30)17-23(24(22)31)28(9,10)20-26(4,5)6/h16-17,31H,12-15,18-20H2,1-11H3. The van der Waals surface area contributed by atoms with E-state index in [0.717, 1.165) is 56.7 Å². The largest absolute Gasteiger partial charge is 0.507 e. The maximum Gasteiger partial charge on any atom is 0.123 e. The summed E-state index contributed by atoms with van der Waals surface area (Å²) in [5, 5.41) is 11.6. The van der Waals surface area contributed by atoms with Gasteiger partial charge in [0.05, 0.1) is 0 Å². The molecule has 31 heavy (non-hydrogen) atoms. The fraction of sp³-hybridized carbons (Fsp3) is 0.786. The molecule has 1 aromatic carbocycles. The maximum atomic E-state index is 11.6. The van der Waals surface area contributed by atoms with Crippen molar-refractivity contribution in [3.63, 3.8) is 0 Å². The second kappa shape index (κ2) is 9.06. The second-order valence-corrected chi connectivity index (χ2v) is 13.9. The van der Waals surface area contributed by atoms with Crippen LogP contribution in [0.1, 0.15) is 98.8 Å². The minimum atomic E-state index is -0.0903. The number of likely N-dealkylation sites (N-methyl/N-ethyl adjacent to an activating group) is 1. The lowest BCUT2D eigenvalue weighted by Crippen LogP contribution is -2.44. The summed E-state index contributed by atoms with van der Waals surface area (Å²) in [4.78, 5) is 4.97. The average Bonchev–Trinajstić information content (AvgIpc) is 2.53. The molecule has 0 amide bonds. The molecule has 3 heteroatoms. The molecule has 0 aliphatic carbocycles. The molecule has 0 unspecified atom stereocenters. The van der Waals surface area contributed by atoms with E-state index in [1.165, 1.54) is 5.56 Å². The van der Waals surface area contributed by atoms with Gasteiger partial charge in [-0.2, -0.15) is 0 Å². The Morgan fingerprint density at radius 3 is 1.45 bits per heavy atom. The van der Waals surface area contributed by atoms with Crippen LogP contribution in [0.25, 0.3) is 0 Å². The molecule has 1 fully saturated rings. The van der Waals surface area contributed by atoms with Crippen LogP contribution < -0.4 is 0 Å². The van der Waals surface area contributed by atoms with Gasteiger partial charge in [-0.3, -0.25) is 4.90 Å². The van der Waals surface area contributed by atoms with Gasteiger partial charge in [0, 0.05) is 43.9 Å². The molecule has 2 rings (SSSR count). The third-order valence-corrected chi connectivity index (χ3v) is 6.57. The number of phenolic OH excluding ortho intramolecular Hbond substituents is 1. The Labute approximate surface area is 193 Å². The smallest absolute Gasteiger partial charge is 0.123 e. The zero-order valence-electron chi connectivity index (χ0n) is 22.4. The minimum absolute atomic E-state index is 0.0903. The lowest BCUT2D eigenvalue weighted by atomic mass is 9.68. The quantitative estimate of drug-likeness (QED) is 0.553. The summed E-state index contributed by atoms with van der Waals surface area (Å²) in [6.07, 6.45) is 2.06. The Bertz CT molecular complexity index is 692. The highest BCUT2D eigenvalue weighted by Gasteiger charge is 2.35. The van der Waals surface area contributed by atoms with Crippen LogP contribution in [0.5, 0.6) is 5.75 Å². The van der Waals surface area contributed by atoms with E-state index < -0.39 is 0 Å². The van der Waals surface area contributed by atoms with Crippen LogP contribution in [0.2, 0.25) is 0 Å². The number of piperazine rings is 1. The Kier molecular flexibility index (Phi) is 7.65. The summed E-state index contributed by atoms with van der Waals surface area (Å²) in [7, 11) is 2.21. The maximum absolute atomic E-state index is 11.6. The first-order chi connectivity index (χ1) is 13.9. The van der Waals surface area contributed by atoms with Crippen LogP contribution in [-0.2, 0) is 17.4 Å². The van der Waals surface area contributed by atoms with Crippen molar-refractivity contribution < 1.29 is 5.11 Å². The van der Waals surface area contributed by atoms with E-state index in [1.807, 2.05) is 0 Å². The van der Waals surface area contributed by atoms with Crippen LogP contribution in [0, 0.1) is 10.8 Å². The third-order valence-electron chi connectivity index (χ3n) is 6.57. The van der Waals surface area contributed by atoms with E-state index in [9.17, 15) is 5.11 Å². The van der Waals surface area contributed by atoms with Gasteiger partial charge in [0.25, 0.3) is 0 Å². The lowest BCUT2D eigenvalue weighted by Gasteiger charge is -2.38. The van der Waals surface area contributed by atoms with Crippen molar-refractivity contribution in [2.24, 2.45) is 10.8 Å². The number of hydrogen-bond acceptors (Lipinski definition) is 3. The number of benzene rings is 1. The fourth-order valence-corrected chi connectivity index (χ4v) is 5.92. The van der Waals surface area contributed by atoms with Crippen LogP contribution >= 0.6 is 0 Å². The van der Waals surface area contributed by atoms with Gasteiger partial charge in [-0.1, -0.05) is 81.4 Å². The minimum Gasteiger partial charge on any atom is -0.507 e. The van der Waals surface area contributed by atoms with Crippen molar-refractivity contribution in [3.8, 4) is 5.75 Å². The first-order valence-corrected chi connectivity index (χ1v) is 12.2. The molecule has 3 nitrogen and oxygen atoms in total. The third kappa shape index (κ3) is 7.49. The van der Waals surface area contributed by atoms with Crippen molar-refractivity contribution in [2.75, 3.05) is 33.2 Å². The van der Waals surface area contributed by atoms with Gasteiger partial charge in [-0.25, -0.2) is 0 Å². The van der Waals surface area contributed by atoms with Crippen LogP contribution in [0.4, 0.5) is 0 Å².